The maximum Gasteiger partial charge on any atom is 0.228 e. The van der Waals surface area contributed by atoms with Gasteiger partial charge >= 0.3 is 0 Å². The van der Waals surface area contributed by atoms with Crippen LogP contribution in [0.15, 0.2) is 6.07 Å². The van der Waals surface area contributed by atoms with Crippen LogP contribution in [0, 0.1) is 18.3 Å². The molecule has 6 heteroatoms. The monoisotopic (exact) mass is 358 g/mol. The van der Waals surface area contributed by atoms with Gasteiger partial charge in [0.25, 0.3) is 0 Å². The number of hydrogen-bond acceptors (Lipinski definition) is 3. The molecular formula is C20H30N4O2. The zero-order valence-electron chi connectivity index (χ0n) is 15.9. The van der Waals surface area contributed by atoms with E-state index in [-0.39, 0.29) is 29.3 Å². The predicted molar refractivity (Wildman–Crippen MR) is 98.4 cm³/mol. The largest absolute Gasteiger partial charge is 0.351 e. The molecule has 1 aliphatic heterocycles. The molecule has 2 N–H and O–H groups in total. The summed E-state index contributed by atoms with van der Waals surface area (Å²) in [5.74, 6) is 0.733. The van der Waals surface area contributed by atoms with E-state index in [4.69, 9.17) is 0 Å². The molecule has 0 aromatic carbocycles. The number of carbonyl (C=O) groups excluding carboxylic acids is 2. The lowest BCUT2D eigenvalue weighted by atomic mass is 9.69. The molecule has 0 radical (unpaired) electrons. The third-order valence-corrected chi connectivity index (χ3v) is 6.83. The van der Waals surface area contributed by atoms with Gasteiger partial charge in [0, 0.05) is 29.6 Å². The zero-order valence-corrected chi connectivity index (χ0v) is 15.9. The smallest absolute Gasteiger partial charge is 0.228 e. The number of nitrogens with one attached hydrogen (secondary N) is 2. The van der Waals surface area contributed by atoms with Crippen molar-refractivity contribution in [3.63, 3.8) is 0 Å². The Morgan fingerprint density at radius 2 is 2.08 bits per heavy atom. The molecule has 3 fully saturated rings. The first-order valence-electron chi connectivity index (χ1n) is 10.1. The van der Waals surface area contributed by atoms with Gasteiger partial charge in [0.2, 0.25) is 11.8 Å². The fourth-order valence-electron chi connectivity index (χ4n) is 5.02. The van der Waals surface area contributed by atoms with Crippen LogP contribution in [-0.4, -0.2) is 45.5 Å². The van der Waals surface area contributed by atoms with Crippen LogP contribution >= 0.6 is 0 Å². The van der Waals surface area contributed by atoms with Crippen molar-refractivity contribution >= 4 is 11.8 Å². The molecule has 2 aliphatic carbocycles. The average Bonchev–Trinajstić information content (AvgIpc) is 3.16. The normalized spacial score (nSPS) is 29.8. The fourth-order valence-corrected chi connectivity index (χ4v) is 5.02. The number of aryl methyl sites for hydroxylation is 1. The summed E-state index contributed by atoms with van der Waals surface area (Å²) in [5.41, 5.74) is 1.59. The lowest BCUT2D eigenvalue weighted by molar-refractivity contribution is -0.136. The second kappa shape index (κ2) is 6.71. The van der Waals surface area contributed by atoms with Crippen molar-refractivity contribution in [2.75, 3.05) is 6.54 Å². The number of H-pyrrole nitrogens is 1. The molecule has 6 nitrogen and oxygen atoms in total. The molecule has 2 amide bonds. The van der Waals surface area contributed by atoms with Crippen LogP contribution in [0.25, 0.3) is 0 Å². The molecule has 1 aromatic heterocycles. The van der Waals surface area contributed by atoms with E-state index >= 15 is 0 Å². The van der Waals surface area contributed by atoms with Gasteiger partial charge in [-0.05, 0) is 38.7 Å². The number of rotatable bonds is 4. The van der Waals surface area contributed by atoms with E-state index in [0.717, 1.165) is 43.5 Å². The first kappa shape index (κ1) is 17.6. The maximum atomic E-state index is 12.9. The number of likely N-dealkylation sites (tertiary alicyclic amines) is 1. The summed E-state index contributed by atoms with van der Waals surface area (Å²) in [7, 11) is 0. The van der Waals surface area contributed by atoms with E-state index in [0.29, 0.717) is 18.9 Å². The van der Waals surface area contributed by atoms with Gasteiger partial charge < -0.3 is 10.2 Å². The SMILES string of the molecule is Cc1cc(CC(=O)N2CC(NC(=O)C3(C)CCC3)C3CCCCC32)n[nH]1. The first-order chi connectivity index (χ1) is 12.5. The van der Waals surface area contributed by atoms with Gasteiger partial charge in [-0.3, -0.25) is 14.7 Å². The van der Waals surface area contributed by atoms with Crippen LogP contribution in [0.4, 0.5) is 0 Å². The van der Waals surface area contributed by atoms with Gasteiger partial charge in [-0.25, -0.2) is 0 Å². The van der Waals surface area contributed by atoms with Crippen LogP contribution in [0.1, 0.15) is 63.3 Å². The van der Waals surface area contributed by atoms with E-state index in [2.05, 4.69) is 22.4 Å². The van der Waals surface area contributed by atoms with Crippen molar-refractivity contribution in [2.24, 2.45) is 11.3 Å². The van der Waals surface area contributed by atoms with Crippen LogP contribution in [0.3, 0.4) is 0 Å². The van der Waals surface area contributed by atoms with Crippen molar-refractivity contribution < 1.29 is 9.59 Å². The Morgan fingerprint density at radius 1 is 1.31 bits per heavy atom. The van der Waals surface area contributed by atoms with Crippen LogP contribution in [-0.2, 0) is 16.0 Å². The van der Waals surface area contributed by atoms with E-state index < -0.39 is 0 Å². The highest BCUT2D eigenvalue weighted by molar-refractivity contribution is 5.84. The number of aromatic amines is 1. The molecule has 3 unspecified atom stereocenters. The lowest BCUT2D eigenvalue weighted by Crippen LogP contribution is -2.50. The van der Waals surface area contributed by atoms with E-state index in [1.165, 1.54) is 12.8 Å². The van der Waals surface area contributed by atoms with Crippen molar-refractivity contribution in [1.82, 2.24) is 20.4 Å². The topological polar surface area (TPSA) is 78.1 Å². The van der Waals surface area contributed by atoms with Gasteiger partial charge in [-0.15, -0.1) is 0 Å². The molecule has 2 saturated carbocycles. The minimum absolute atomic E-state index is 0.107. The molecular weight excluding hydrogens is 328 g/mol. The van der Waals surface area contributed by atoms with E-state index in [9.17, 15) is 9.59 Å². The standard InChI is InChI=1S/C20H30N4O2/c1-13-10-14(23-22-13)11-18(25)24-12-16(15-6-3-4-7-17(15)24)21-19(26)20(2)8-5-9-20/h10,15-17H,3-9,11-12H2,1-2H3,(H,21,26)(H,22,23). The minimum Gasteiger partial charge on any atom is -0.351 e. The summed E-state index contributed by atoms with van der Waals surface area (Å²) >= 11 is 0. The summed E-state index contributed by atoms with van der Waals surface area (Å²) in [5, 5.41) is 10.4. The lowest BCUT2D eigenvalue weighted by Gasteiger charge is -2.38. The number of fused-ring (bicyclic) bond motifs is 1. The molecule has 1 aromatic rings. The Hall–Kier alpha value is -1.85. The molecule has 142 valence electrons. The number of carbonyl (C=O) groups is 2. The van der Waals surface area contributed by atoms with Gasteiger partial charge in [-0.1, -0.05) is 26.2 Å². The molecule has 3 atom stereocenters. The molecule has 0 spiro atoms. The number of nitrogens with zero attached hydrogens (tertiary/aromatic N) is 2. The van der Waals surface area contributed by atoms with Crippen molar-refractivity contribution in [2.45, 2.75) is 77.3 Å². The number of aromatic nitrogens is 2. The Labute approximate surface area is 155 Å². The van der Waals surface area contributed by atoms with Gasteiger partial charge in [0.1, 0.15) is 0 Å². The highest BCUT2D eigenvalue weighted by Gasteiger charge is 2.47. The summed E-state index contributed by atoms with van der Waals surface area (Å²) in [6.45, 7) is 4.67. The Bertz CT molecular complexity index is 694. The molecule has 0 bridgehead atoms. The van der Waals surface area contributed by atoms with E-state index in [1.54, 1.807) is 0 Å². The Morgan fingerprint density at radius 3 is 2.73 bits per heavy atom. The number of hydrogen-bond donors (Lipinski definition) is 2. The van der Waals surface area contributed by atoms with Gasteiger partial charge in [0.15, 0.2) is 0 Å². The third-order valence-electron chi connectivity index (χ3n) is 6.83. The Kier molecular flexibility index (Phi) is 4.53. The Balaban J connectivity index is 1.45. The van der Waals surface area contributed by atoms with Gasteiger partial charge in [0.05, 0.1) is 18.2 Å². The quantitative estimate of drug-likeness (QED) is 0.867. The molecule has 2 heterocycles. The average molecular weight is 358 g/mol. The molecule has 3 aliphatic rings. The number of amides is 2. The van der Waals surface area contributed by atoms with Crippen LogP contribution in [0.2, 0.25) is 0 Å². The van der Waals surface area contributed by atoms with E-state index in [1.807, 2.05) is 17.9 Å². The van der Waals surface area contributed by atoms with Crippen molar-refractivity contribution in [3.05, 3.63) is 17.5 Å². The van der Waals surface area contributed by atoms with Crippen molar-refractivity contribution in [1.29, 1.82) is 0 Å². The highest BCUT2D eigenvalue weighted by atomic mass is 16.2. The maximum absolute atomic E-state index is 12.9. The van der Waals surface area contributed by atoms with Crippen LogP contribution < -0.4 is 5.32 Å². The zero-order chi connectivity index (χ0) is 18.3. The highest BCUT2D eigenvalue weighted by Crippen LogP contribution is 2.42. The molecule has 1 saturated heterocycles. The predicted octanol–water partition coefficient (Wildman–Crippen LogP) is 2.34. The molecule has 4 rings (SSSR count). The fraction of sp³-hybridized carbons (Fsp3) is 0.750. The first-order valence-corrected chi connectivity index (χ1v) is 10.1. The summed E-state index contributed by atoms with van der Waals surface area (Å²) < 4.78 is 0. The summed E-state index contributed by atoms with van der Waals surface area (Å²) in [4.78, 5) is 27.7. The summed E-state index contributed by atoms with van der Waals surface area (Å²) in [6, 6.07) is 2.31. The van der Waals surface area contributed by atoms with Crippen molar-refractivity contribution in [3.8, 4) is 0 Å². The second-order valence-electron chi connectivity index (χ2n) is 8.77. The minimum atomic E-state index is -0.186. The van der Waals surface area contributed by atoms with Crippen LogP contribution in [0.5, 0.6) is 0 Å². The van der Waals surface area contributed by atoms with Gasteiger partial charge in [-0.2, -0.15) is 5.10 Å². The molecule has 26 heavy (non-hydrogen) atoms. The summed E-state index contributed by atoms with van der Waals surface area (Å²) in [6.07, 6.45) is 8.00. The second-order valence-corrected chi connectivity index (χ2v) is 8.77. The third kappa shape index (κ3) is 3.14.